The number of ether oxygens (including phenoxy) is 2. The maximum atomic E-state index is 5.85. The summed E-state index contributed by atoms with van der Waals surface area (Å²) in [5, 5.41) is 3.61. The van der Waals surface area contributed by atoms with Crippen LogP contribution in [0.5, 0.6) is 11.6 Å². The molecule has 0 amide bonds. The summed E-state index contributed by atoms with van der Waals surface area (Å²) in [7, 11) is 1.71. The molecule has 1 aliphatic heterocycles. The van der Waals surface area contributed by atoms with Crippen molar-refractivity contribution in [3.8, 4) is 22.8 Å². The highest BCUT2D eigenvalue weighted by molar-refractivity contribution is 5.70. The molecule has 0 radical (unpaired) electrons. The summed E-state index contributed by atoms with van der Waals surface area (Å²) in [4.78, 5) is 6.97. The second-order valence-corrected chi connectivity index (χ2v) is 8.33. The predicted molar refractivity (Wildman–Crippen MR) is 129 cm³/mol. The highest BCUT2D eigenvalue weighted by Crippen LogP contribution is 2.31. The van der Waals surface area contributed by atoms with Crippen LogP contribution < -0.4 is 14.8 Å². The average molecular weight is 432 g/mol. The topological polar surface area (TPSA) is 46.6 Å². The summed E-state index contributed by atoms with van der Waals surface area (Å²) in [6.45, 7) is 6.98. The minimum absolute atomic E-state index is 0.278. The molecule has 2 heterocycles. The van der Waals surface area contributed by atoms with E-state index in [0.29, 0.717) is 12.5 Å². The van der Waals surface area contributed by atoms with Gasteiger partial charge in [-0.15, -0.1) is 0 Å². The van der Waals surface area contributed by atoms with Crippen molar-refractivity contribution in [2.24, 2.45) is 0 Å². The molecule has 1 fully saturated rings. The molecule has 32 heavy (non-hydrogen) atoms. The van der Waals surface area contributed by atoms with E-state index >= 15 is 0 Å². The second-order valence-electron chi connectivity index (χ2n) is 8.33. The van der Waals surface area contributed by atoms with Gasteiger partial charge >= 0.3 is 0 Å². The van der Waals surface area contributed by atoms with Crippen molar-refractivity contribution in [1.29, 1.82) is 0 Å². The number of rotatable bonds is 10. The fourth-order valence-corrected chi connectivity index (χ4v) is 4.13. The molecule has 0 saturated carbocycles. The Morgan fingerprint density at radius 1 is 1.03 bits per heavy atom. The quantitative estimate of drug-likeness (QED) is 0.485. The van der Waals surface area contributed by atoms with Gasteiger partial charge in [0.1, 0.15) is 12.4 Å². The number of aromatic nitrogens is 1. The Balaban J connectivity index is 1.39. The van der Waals surface area contributed by atoms with Crippen LogP contribution in [-0.2, 0) is 6.54 Å². The number of hydrogen-bond donors (Lipinski definition) is 1. The standard InChI is InChI=1S/C27H33N3O2/c1-21(23-8-4-3-5-9-23)28-19-22-10-12-26(31-2)25(18-22)24-11-13-27(29-20-24)32-17-16-30-14-6-7-15-30/h3-5,8-13,18,20-21,28H,6-7,14-17,19H2,1-2H3/t21-/m1/s1. The molecule has 0 bridgehead atoms. The molecule has 0 aliphatic carbocycles. The van der Waals surface area contributed by atoms with E-state index in [0.717, 1.165) is 30.0 Å². The maximum absolute atomic E-state index is 5.85. The molecule has 3 aromatic rings. The van der Waals surface area contributed by atoms with Gasteiger partial charge in [0.2, 0.25) is 5.88 Å². The number of nitrogens with one attached hydrogen (secondary N) is 1. The van der Waals surface area contributed by atoms with Crippen molar-refractivity contribution < 1.29 is 9.47 Å². The fourth-order valence-electron chi connectivity index (χ4n) is 4.13. The van der Waals surface area contributed by atoms with E-state index in [1.54, 1.807) is 7.11 Å². The van der Waals surface area contributed by atoms with Crippen LogP contribution in [0.1, 0.15) is 36.9 Å². The molecule has 5 heteroatoms. The van der Waals surface area contributed by atoms with Gasteiger partial charge in [-0.3, -0.25) is 4.90 Å². The molecule has 5 nitrogen and oxygen atoms in total. The largest absolute Gasteiger partial charge is 0.496 e. The van der Waals surface area contributed by atoms with E-state index in [1.165, 1.54) is 37.1 Å². The summed E-state index contributed by atoms with van der Waals surface area (Å²) in [6, 6.07) is 21.1. The minimum atomic E-state index is 0.278. The lowest BCUT2D eigenvalue weighted by Gasteiger charge is -2.16. The molecule has 168 valence electrons. The molecule has 0 spiro atoms. The normalized spacial score (nSPS) is 14.9. The lowest BCUT2D eigenvalue weighted by atomic mass is 10.0. The zero-order valence-electron chi connectivity index (χ0n) is 19.1. The van der Waals surface area contributed by atoms with Crippen molar-refractivity contribution in [3.63, 3.8) is 0 Å². The minimum Gasteiger partial charge on any atom is -0.496 e. The van der Waals surface area contributed by atoms with Crippen LogP contribution in [0.15, 0.2) is 66.9 Å². The Bertz CT molecular complexity index is 970. The highest BCUT2D eigenvalue weighted by atomic mass is 16.5. The second kappa shape index (κ2) is 11.1. The van der Waals surface area contributed by atoms with Gasteiger partial charge in [-0.05, 0) is 62.2 Å². The molecule has 1 aliphatic rings. The third-order valence-electron chi connectivity index (χ3n) is 6.08. The Hall–Kier alpha value is -2.89. The van der Waals surface area contributed by atoms with Gasteiger partial charge in [0.05, 0.1) is 7.11 Å². The molecule has 2 aromatic carbocycles. The first kappa shape index (κ1) is 22.3. The number of pyridine rings is 1. The van der Waals surface area contributed by atoms with Crippen LogP contribution in [0.2, 0.25) is 0 Å². The van der Waals surface area contributed by atoms with Gasteiger partial charge in [0, 0.05) is 42.5 Å². The number of methoxy groups -OCH3 is 1. The Morgan fingerprint density at radius 3 is 2.56 bits per heavy atom. The zero-order chi connectivity index (χ0) is 22.2. The molecule has 1 atom stereocenters. The summed E-state index contributed by atoms with van der Waals surface area (Å²) < 4.78 is 11.5. The average Bonchev–Trinajstić information content (AvgIpc) is 3.37. The van der Waals surface area contributed by atoms with Crippen LogP contribution in [-0.4, -0.2) is 43.2 Å². The highest BCUT2D eigenvalue weighted by Gasteiger charge is 2.12. The van der Waals surface area contributed by atoms with E-state index in [2.05, 4.69) is 64.6 Å². The monoisotopic (exact) mass is 431 g/mol. The number of likely N-dealkylation sites (tertiary alicyclic amines) is 1. The van der Waals surface area contributed by atoms with E-state index in [4.69, 9.17) is 9.47 Å². The van der Waals surface area contributed by atoms with E-state index < -0.39 is 0 Å². The van der Waals surface area contributed by atoms with Gasteiger partial charge in [0.25, 0.3) is 0 Å². The smallest absolute Gasteiger partial charge is 0.213 e. The summed E-state index contributed by atoms with van der Waals surface area (Å²) >= 11 is 0. The van der Waals surface area contributed by atoms with Crippen molar-refractivity contribution in [1.82, 2.24) is 15.2 Å². The van der Waals surface area contributed by atoms with Crippen molar-refractivity contribution in [2.75, 3.05) is 33.4 Å². The summed E-state index contributed by atoms with van der Waals surface area (Å²) in [5.41, 5.74) is 4.54. The number of hydrogen-bond acceptors (Lipinski definition) is 5. The van der Waals surface area contributed by atoms with Crippen molar-refractivity contribution >= 4 is 0 Å². The third-order valence-corrected chi connectivity index (χ3v) is 6.08. The van der Waals surface area contributed by atoms with Gasteiger partial charge < -0.3 is 14.8 Å². The lowest BCUT2D eigenvalue weighted by molar-refractivity contribution is 0.232. The Labute approximate surface area is 191 Å². The molecular weight excluding hydrogens is 398 g/mol. The number of nitrogens with zero attached hydrogens (tertiary/aromatic N) is 2. The third kappa shape index (κ3) is 5.87. The number of benzene rings is 2. The van der Waals surface area contributed by atoms with Gasteiger partial charge in [0.15, 0.2) is 0 Å². The van der Waals surface area contributed by atoms with Gasteiger partial charge in [-0.2, -0.15) is 0 Å². The van der Waals surface area contributed by atoms with Crippen LogP contribution in [0.25, 0.3) is 11.1 Å². The van der Waals surface area contributed by atoms with Gasteiger partial charge in [-0.1, -0.05) is 36.4 Å². The van der Waals surface area contributed by atoms with E-state index in [-0.39, 0.29) is 6.04 Å². The summed E-state index contributed by atoms with van der Waals surface area (Å²) in [5.74, 6) is 1.51. The molecule has 4 rings (SSSR count). The molecule has 1 aromatic heterocycles. The molecule has 1 saturated heterocycles. The fraction of sp³-hybridized carbons (Fsp3) is 0.370. The van der Waals surface area contributed by atoms with Gasteiger partial charge in [-0.25, -0.2) is 4.98 Å². The predicted octanol–water partition coefficient (Wildman–Crippen LogP) is 5.08. The van der Waals surface area contributed by atoms with Crippen molar-refractivity contribution in [2.45, 2.75) is 32.4 Å². The lowest BCUT2D eigenvalue weighted by Crippen LogP contribution is -2.25. The van der Waals surface area contributed by atoms with Crippen molar-refractivity contribution in [3.05, 3.63) is 78.0 Å². The Kier molecular flexibility index (Phi) is 7.75. The first-order valence-corrected chi connectivity index (χ1v) is 11.5. The van der Waals surface area contributed by atoms with Crippen LogP contribution in [0, 0.1) is 0 Å². The Morgan fingerprint density at radius 2 is 1.84 bits per heavy atom. The van der Waals surface area contributed by atoms with E-state index in [1.807, 2.05) is 24.4 Å². The van der Waals surface area contributed by atoms with E-state index in [9.17, 15) is 0 Å². The van der Waals surface area contributed by atoms with Crippen LogP contribution in [0.3, 0.4) is 0 Å². The maximum Gasteiger partial charge on any atom is 0.213 e. The van der Waals surface area contributed by atoms with Crippen LogP contribution >= 0.6 is 0 Å². The molecular formula is C27H33N3O2. The first-order valence-electron chi connectivity index (χ1n) is 11.5. The SMILES string of the molecule is COc1ccc(CN[C@H](C)c2ccccc2)cc1-c1ccc(OCCN2CCCC2)nc1. The zero-order valence-corrected chi connectivity index (χ0v) is 19.1. The summed E-state index contributed by atoms with van der Waals surface area (Å²) in [6.07, 6.45) is 4.47. The molecule has 1 N–H and O–H groups in total. The molecule has 0 unspecified atom stereocenters. The van der Waals surface area contributed by atoms with Crippen LogP contribution in [0.4, 0.5) is 0 Å². The first-order chi connectivity index (χ1) is 15.7.